The lowest BCUT2D eigenvalue weighted by molar-refractivity contribution is -0.180. The summed E-state index contributed by atoms with van der Waals surface area (Å²) >= 11 is 0. The van der Waals surface area contributed by atoms with E-state index in [0.717, 1.165) is 19.3 Å². The molecule has 1 atom stereocenters. The minimum Gasteiger partial charge on any atom is -0.466 e. The average Bonchev–Trinajstić information content (AvgIpc) is 2.74. The van der Waals surface area contributed by atoms with Crippen molar-refractivity contribution in [3.63, 3.8) is 0 Å². The van der Waals surface area contributed by atoms with E-state index in [9.17, 15) is 4.79 Å². The fourth-order valence-corrected chi connectivity index (χ4v) is 2.67. The van der Waals surface area contributed by atoms with Gasteiger partial charge in [-0.05, 0) is 25.2 Å². The monoisotopic (exact) mass is 272 g/mol. The van der Waals surface area contributed by atoms with E-state index < -0.39 is 5.79 Å². The van der Waals surface area contributed by atoms with Crippen LogP contribution in [0.15, 0.2) is 0 Å². The van der Waals surface area contributed by atoms with Crippen molar-refractivity contribution in [2.75, 3.05) is 19.8 Å². The van der Waals surface area contributed by atoms with Crippen LogP contribution in [0.25, 0.3) is 0 Å². The maximum atomic E-state index is 11.4. The van der Waals surface area contributed by atoms with Gasteiger partial charge < -0.3 is 14.2 Å². The molecule has 1 aliphatic heterocycles. The second kappa shape index (κ2) is 7.85. The van der Waals surface area contributed by atoms with Gasteiger partial charge >= 0.3 is 5.97 Å². The summed E-state index contributed by atoms with van der Waals surface area (Å²) in [5.41, 5.74) is 0. The van der Waals surface area contributed by atoms with E-state index in [1.54, 1.807) is 0 Å². The van der Waals surface area contributed by atoms with E-state index >= 15 is 0 Å². The van der Waals surface area contributed by atoms with Crippen LogP contribution in [-0.2, 0) is 19.0 Å². The van der Waals surface area contributed by atoms with Crippen LogP contribution in [0.3, 0.4) is 0 Å². The third-order valence-electron chi connectivity index (χ3n) is 3.34. The first kappa shape index (κ1) is 16.4. The van der Waals surface area contributed by atoms with Gasteiger partial charge in [0.1, 0.15) is 0 Å². The van der Waals surface area contributed by atoms with Gasteiger partial charge in [0.15, 0.2) is 5.79 Å². The number of esters is 1. The molecular weight excluding hydrogens is 244 g/mol. The quantitative estimate of drug-likeness (QED) is 0.637. The molecule has 1 aliphatic rings. The van der Waals surface area contributed by atoms with Gasteiger partial charge in [-0.2, -0.15) is 0 Å². The van der Waals surface area contributed by atoms with Crippen molar-refractivity contribution in [2.24, 2.45) is 11.8 Å². The predicted molar refractivity (Wildman–Crippen MR) is 73.7 cm³/mol. The number of carbonyl (C=O) groups is 1. The fourth-order valence-electron chi connectivity index (χ4n) is 2.67. The molecule has 4 nitrogen and oxygen atoms in total. The minimum atomic E-state index is -0.428. The molecule has 0 spiro atoms. The highest BCUT2D eigenvalue weighted by atomic mass is 16.7. The summed E-state index contributed by atoms with van der Waals surface area (Å²) in [5.74, 6) is 0.388. The Morgan fingerprint density at radius 2 is 1.84 bits per heavy atom. The lowest BCUT2D eigenvalue weighted by Gasteiger charge is -2.31. The first-order chi connectivity index (χ1) is 8.97. The van der Waals surface area contributed by atoms with E-state index in [1.165, 1.54) is 0 Å². The number of carbonyl (C=O) groups excluding carboxylic acids is 1. The Morgan fingerprint density at radius 3 is 2.37 bits per heavy atom. The van der Waals surface area contributed by atoms with E-state index in [1.807, 2.05) is 6.92 Å². The van der Waals surface area contributed by atoms with Crippen LogP contribution < -0.4 is 0 Å². The van der Waals surface area contributed by atoms with Crippen LogP contribution >= 0.6 is 0 Å². The summed E-state index contributed by atoms with van der Waals surface area (Å²) in [6.07, 6.45) is 3.07. The first-order valence-electron chi connectivity index (χ1n) is 7.41. The molecule has 0 aliphatic carbocycles. The summed E-state index contributed by atoms with van der Waals surface area (Å²) in [6.45, 7) is 10.1. The minimum absolute atomic E-state index is 0.111. The van der Waals surface area contributed by atoms with Gasteiger partial charge in [-0.25, -0.2) is 0 Å². The lowest BCUT2D eigenvalue weighted by Crippen LogP contribution is -2.34. The largest absolute Gasteiger partial charge is 0.466 e. The molecule has 1 saturated heterocycles. The van der Waals surface area contributed by atoms with Crippen molar-refractivity contribution in [2.45, 2.75) is 59.2 Å². The van der Waals surface area contributed by atoms with Gasteiger partial charge in [0.05, 0.1) is 19.8 Å². The first-order valence-corrected chi connectivity index (χ1v) is 7.41. The standard InChI is InChI=1S/C15H28O4/c1-5-17-14(16)7-6-13(4)11-15(10-12(2)3)18-8-9-19-15/h12-13H,5-11H2,1-4H3/t13-/m1/s1. The zero-order valence-electron chi connectivity index (χ0n) is 12.7. The van der Waals surface area contributed by atoms with Crippen molar-refractivity contribution in [3.05, 3.63) is 0 Å². The normalized spacial score (nSPS) is 19.6. The molecule has 0 saturated carbocycles. The van der Waals surface area contributed by atoms with Crippen LogP contribution in [0.1, 0.15) is 53.4 Å². The maximum Gasteiger partial charge on any atom is 0.305 e. The zero-order chi connectivity index (χ0) is 14.3. The molecule has 1 fully saturated rings. The second-order valence-corrected chi connectivity index (χ2v) is 5.86. The molecular formula is C15H28O4. The Balaban J connectivity index is 2.39. The summed E-state index contributed by atoms with van der Waals surface area (Å²) in [5, 5.41) is 0. The fraction of sp³-hybridized carbons (Fsp3) is 0.933. The van der Waals surface area contributed by atoms with Crippen LogP contribution in [-0.4, -0.2) is 31.6 Å². The Labute approximate surface area is 116 Å². The topological polar surface area (TPSA) is 44.8 Å². The third-order valence-corrected chi connectivity index (χ3v) is 3.34. The summed E-state index contributed by atoms with van der Waals surface area (Å²) in [6, 6.07) is 0. The van der Waals surface area contributed by atoms with Crippen LogP contribution in [0.2, 0.25) is 0 Å². The predicted octanol–water partition coefficient (Wildman–Crippen LogP) is 3.15. The lowest BCUT2D eigenvalue weighted by atomic mass is 9.91. The molecule has 0 N–H and O–H groups in total. The summed E-state index contributed by atoms with van der Waals surface area (Å²) < 4.78 is 16.6. The molecule has 0 radical (unpaired) electrons. The third kappa shape index (κ3) is 5.91. The maximum absolute atomic E-state index is 11.4. The Kier molecular flexibility index (Phi) is 6.80. The van der Waals surface area contributed by atoms with Crippen LogP contribution in [0, 0.1) is 11.8 Å². The van der Waals surface area contributed by atoms with Gasteiger partial charge in [0.2, 0.25) is 0 Å². The Morgan fingerprint density at radius 1 is 1.21 bits per heavy atom. The molecule has 0 aromatic heterocycles. The molecule has 1 heterocycles. The SMILES string of the molecule is CCOC(=O)CC[C@@H](C)CC1(CC(C)C)OCCO1. The smallest absolute Gasteiger partial charge is 0.305 e. The van der Waals surface area contributed by atoms with E-state index in [2.05, 4.69) is 20.8 Å². The number of hydrogen-bond donors (Lipinski definition) is 0. The van der Waals surface area contributed by atoms with Crippen molar-refractivity contribution in [3.8, 4) is 0 Å². The van der Waals surface area contributed by atoms with Crippen molar-refractivity contribution >= 4 is 5.97 Å². The van der Waals surface area contributed by atoms with Gasteiger partial charge in [0.25, 0.3) is 0 Å². The molecule has 19 heavy (non-hydrogen) atoms. The molecule has 112 valence electrons. The highest BCUT2D eigenvalue weighted by Gasteiger charge is 2.38. The van der Waals surface area contributed by atoms with Crippen molar-refractivity contribution in [1.82, 2.24) is 0 Å². The molecule has 0 aromatic carbocycles. The number of rotatable bonds is 8. The second-order valence-electron chi connectivity index (χ2n) is 5.86. The molecule has 0 amide bonds. The summed E-state index contributed by atoms with van der Waals surface area (Å²) in [4.78, 5) is 11.4. The van der Waals surface area contributed by atoms with E-state index in [-0.39, 0.29) is 5.97 Å². The molecule has 0 aromatic rings. The van der Waals surface area contributed by atoms with Gasteiger partial charge in [-0.1, -0.05) is 20.8 Å². The zero-order valence-corrected chi connectivity index (χ0v) is 12.7. The Hall–Kier alpha value is -0.610. The molecule has 4 heteroatoms. The Bertz CT molecular complexity index is 269. The molecule has 0 bridgehead atoms. The van der Waals surface area contributed by atoms with E-state index in [4.69, 9.17) is 14.2 Å². The number of ether oxygens (including phenoxy) is 3. The van der Waals surface area contributed by atoms with Gasteiger partial charge in [-0.15, -0.1) is 0 Å². The molecule has 0 unspecified atom stereocenters. The van der Waals surface area contributed by atoms with Gasteiger partial charge in [-0.3, -0.25) is 4.79 Å². The van der Waals surface area contributed by atoms with E-state index in [0.29, 0.717) is 38.1 Å². The molecule has 1 rings (SSSR count). The van der Waals surface area contributed by atoms with Crippen LogP contribution in [0.5, 0.6) is 0 Å². The van der Waals surface area contributed by atoms with Gasteiger partial charge in [0, 0.05) is 19.3 Å². The van der Waals surface area contributed by atoms with Crippen molar-refractivity contribution < 1.29 is 19.0 Å². The highest BCUT2D eigenvalue weighted by molar-refractivity contribution is 5.69. The van der Waals surface area contributed by atoms with Crippen LogP contribution in [0.4, 0.5) is 0 Å². The number of hydrogen-bond acceptors (Lipinski definition) is 4. The summed E-state index contributed by atoms with van der Waals surface area (Å²) in [7, 11) is 0. The van der Waals surface area contributed by atoms with Crippen molar-refractivity contribution in [1.29, 1.82) is 0 Å². The highest BCUT2D eigenvalue weighted by Crippen LogP contribution is 2.34. The average molecular weight is 272 g/mol.